The van der Waals surface area contributed by atoms with E-state index in [0.717, 1.165) is 36.1 Å². The summed E-state index contributed by atoms with van der Waals surface area (Å²) in [5.74, 6) is 0.886. The van der Waals surface area contributed by atoms with Crippen LogP contribution in [0.3, 0.4) is 0 Å². The van der Waals surface area contributed by atoms with Gasteiger partial charge in [0.15, 0.2) is 0 Å². The van der Waals surface area contributed by atoms with Crippen molar-refractivity contribution in [2.45, 2.75) is 19.4 Å². The van der Waals surface area contributed by atoms with Gasteiger partial charge in [0.05, 0.1) is 13.7 Å². The number of alkyl halides is 1. The zero-order valence-corrected chi connectivity index (χ0v) is 10.6. The van der Waals surface area contributed by atoms with Crippen LogP contribution in [0.25, 0.3) is 0 Å². The fraction of sp³-hybridized carbons (Fsp3) is 0.500. The van der Waals surface area contributed by atoms with Crippen LogP contribution < -0.4 is 4.74 Å². The summed E-state index contributed by atoms with van der Waals surface area (Å²) < 4.78 is 10.7. The SMILES string of the molecule is COc1cccc(COCCCCBr)c1. The van der Waals surface area contributed by atoms with Gasteiger partial charge in [0.1, 0.15) is 5.75 Å². The zero-order valence-electron chi connectivity index (χ0n) is 9.04. The van der Waals surface area contributed by atoms with Crippen molar-refractivity contribution in [2.75, 3.05) is 19.0 Å². The Bertz CT molecular complexity index is 276. The Morgan fingerprint density at radius 2 is 2.13 bits per heavy atom. The van der Waals surface area contributed by atoms with Gasteiger partial charge in [0.25, 0.3) is 0 Å². The Morgan fingerprint density at radius 1 is 1.27 bits per heavy atom. The smallest absolute Gasteiger partial charge is 0.119 e. The molecule has 1 aromatic rings. The van der Waals surface area contributed by atoms with E-state index in [1.807, 2.05) is 24.3 Å². The van der Waals surface area contributed by atoms with Crippen molar-refractivity contribution in [3.8, 4) is 5.75 Å². The molecule has 0 aromatic heterocycles. The number of ether oxygens (including phenoxy) is 2. The minimum absolute atomic E-state index is 0.666. The van der Waals surface area contributed by atoms with Crippen LogP contribution in [0.1, 0.15) is 18.4 Å². The molecule has 0 radical (unpaired) electrons. The molecule has 1 rings (SSSR count). The van der Waals surface area contributed by atoms with Crippen LogP contribution in [-0.4, -0.2) is 19.0 Å². The van der Waals surface area contributed by atoms with E-state index in [0.29, 0.717) is 6.61 Å². The van der Waals surface area contributed by atoms with E-state index in [1.165, 1.54) is 0 Å². The van der Waals surface area contributed by atoms with E-state index in [1.54, 1.807) is 7.11 Å². The second kappa shape index (κ2) is 7.71. The maximum absolute atomic E-state index is 5.54. The van der Waals surface area contributed by atoms with Crippen molar-refractivity contribution in [2.24, 2.45) is 0 Å². The number of unbranched alkanes of at least 4 members (excludes halogenated alkanes) is 1. The van der Waals surface area contributed by atoms with Crippen LogP contribution in [0.5, 0.6) is 5.75 Å². The topological polar surface area (TPSA) is 18.5 Å². The summed E-state index contributed by atoms with van der Waals surface area (Å²) >= 11 is 3.39. The molecule has 84 valence electrons. The highest BCUT2D eigenvalue weighted by Crippen LogP contribution is 2.13. The molecule has 0 heterocycles. The first kappa shape index (κ1) is 12.5. The number of benzene rings is 1. The molecule has 0 spiro atoms. The second-order valence-electron chi connectivity index (χ2n) is 3.30. The summed E-state index contributed by atoms with van der Waals surface area (Å²) in [6.07, 6.45) is 2.27. The van der Waals surface area contributed by atoms with Crippen molar-refractivity contribution < 1.29 is 9.47 Å². The summed E-state index contributed by atoms with van der Waals surface area (Å²) in [4.78, 5) is 0. The molecule has 15 heavy (non-hydrogen) atoms. The highest BCUT2D eigenvalue weighted by atomic mass is 79.9. The molecule has 0 N–H and O–H groups in total. The summed E-state index contributed by atoms with van der Waals surface area (Å²) in [7, 11) is 1.68. The highest BCUT2D eigenvalue weighted by Gasteiger charge is 1.95. The minimum atomic E-state index is 0.666. The van der Waals surface area contributed by atoms with Crippen LogP contribution >= 0.6 is 15.9 Å². The van der Waals surface area contributed by atoms with E-state index >= 15 is 0 Å². The van der Waals surface area contributed by atoms with Crippen LogP contribution in [0.2, 0.25) is 0 Å². The Labute approximate surface area is 99.7 Å². The van der Waals surface area contributed by atoms with Crippen molar-refractivity contribution >= 4 is 15.9 Å². The molecule has 0 bridgehead atoms. The monoisotopic (exact) mass is 272 g/mol. The predicted molar refractivity (Wildman–Crippen MR) is 65.7 cm³/mol. The number of hydrogen-bond donors (Lipinski definition) is 0. The van der Waals surface area contributed by atoms with Crippen LogP contribution in [0.4, 0.5) is 0 Å². The van der Waals surface area contributed by atoms with Gasteiger partial charge >= 0.3 is 0 Å². The van der Waals surface area contributed by atoms with Crippen molar-refractivity contribution in [3.63, 3.8) is 0 Å². The van der Waals surface area contributed by atoms with Gasteiger partial charge in [-0.2, -0.15) is 0 Å². The third kappa shape index (κ3) is 5.19. The molecule has 0 unspecified atom stereocenters. The molecular weight excluding hydrogens is 256 g/mol. The van der Waals surface area contributed by atoms with Gasteiger partial charge in [-0.3, -0.25) is 0 Å². The van der Waals surface area contributed by atoms with Gasteiger partial charge in [0, 0.05) is 11.9 Å². The summed E-state index contributed by atoms with van der Waals surface area (Å²) in [5.41, 5.74) is 1.16. The van der Waals surface area contributed by atoms with E-state index in [-0.39, 0.29) is 0 Å². The lowest BCUT2D eigenvalue weighted by Crippen LogP contribution is -1.96. The zero-order chi connectivity index (χ0) is 10.9. The summed E-state index contributed by atoms with van der Waals surface area (Å²) in [6.45, 7) is 1.49. The van der Waals surface area contributed by atoms with Gasteiger partial charge in [-0.1, -0.05) is 28.1 Å². The molecular formula is C12H17BrO2. The Hall–Kier alpha value is -0.540. The largest absolute Gasteiger partial charge is 0.497 e. The highest BCUT2D eigenvalue weighted by molar-refractivity contribution is 9.09. The molecule has 0 amide bonds. The molecule has 0 aliphatic rings. The normalized spacial score (nSPS) is 10.3. The molecule has 1 aromatic carbocycles. The van der Waals surface area contributed by atoms with Gasteiger partial charge in [0.2, 0.25) is 0 Å². The molecule has 0 aliphatic heterocycles. The van der Waals surface area contributed by atoms with Gasteiger partial charge in [-0.25, -0.2) is 0 Å². The number of halogens is 1. The standard InChI is InChI=1S/C12H17BrO2/c1-14-12-6-4-5-11(9-12)10-15-8-3-2-7-13/h4-6,9H,2-3,7-8,10H2,1H3. The number of hydrogen-bond acceptors (Lipinski definition) is 2. The lowest BCUT2D eigenvalue weighted by atomic mass is 10.2. The Morgan fingerprint density at radius 3 is 2.87 bits per heavy atom. The van der Waals surface area contributed by atoms with Crippen LogP contribution in [0, 0.1) is 0 Å². The van der Waals surface area contributed by atoms with Crippen LogP contribution in [0.15, 0.2) is 24.3 Å². The third-order valence-corrected chi connectivity index (χ3v) is 2.64. The quantitative estimate of drug-likeness (QED) is 0.560. The third-order valence-electron chi connectivity index (χ3n) is 2.08. The lowest BCUT2D eigenvalue weighted by Gasteiger charge is -2.05. The van der Waals surface area contributed by atoms with E-state index < -0.39 is 0 Å². The molecule has 3 heteroatoms. The maximum Gasteiger partial charge on any atom is 0.119 e. The second-order valence-corrected chi connectivity index (χ2v) is 4.09. The van der Waals surface area contributed by atoms with Crippen molar-refractivity contribution in [3.05, 3.63) is 29.8 Å². The number of methoxy groups -OCH3 is 1. The molecule has 0 aliphatic carbocycles. The Balaban J connectivity index is 2.24. The fourth-order valence-corrected chi connectivity index (χ4v) is 1.65. The fourth-order valence-electron chi connectivity index (χ4n) is 1.25. The lowest BCUT2D eigenvalue weighted by molar-refractivity contribution is 0.118. The van der Waals surface area contributed by atoms with Gasteiger partial charge < -0.3 is 9.47 Å². The maximum atomic E-state index is 5.54. The average Bonchev–Trinajstić information content (AvgIpc) is 2.29. The summed E-state index contributed by atoms with van der Waals surface area (Å²) in [6, 6.07) is 7.97. The van der Waals surface area contributed by atoms with Crippen molar-refractivity contribution in [1.82, 2.24) is 0 Å². The van der Waals surface area contributed by atoms with Gasteiger partial charge in [-0.05, 0) is 30.5 Å². The average molecular weight is 273 g/mol. The summed E-state index contributed by atoms with van der Waals surface area (Å²) in [5, 5.41) is 1.05. The first-order valence-corrected chi connectivity index (χ1v) is 6.25. The van der Waals surface area contributed by atoms with Crippen LogP contribution in [-0.2, 0) is 11.3 Å². The van der Waals surface area contributed by atoms with Crippen molar-refractivity contribution in [1.29, 1.82) is 0 Å². The van der Waals surface area contributed by atoms with E-state index in [4.69, 9.17) is 9.47 Å². The van der Waals surface area contributed by atoms with E-state index in [2.05, 4.69) is 15.9 Å². The first-order chi connectivity index (χ1) is 7.36. The first-order valence-electron chi connectivity index (χ1n) is 5.13. The predicted octanol–water partition coefficient (Wildman–Crippen LogP) is 3.39. The molecule has 0 saturated heterocycles. The molecule has 0 saturated carbocycles. The number of rotatable bonds is 7. The Kier molecular flexibility index (Phi) is 6.44. The van der Waals surface area contributed by atoms with Gasteiger partial charge in [-0.15, -0.1) is 0 Å². The molecule has 0 fully saturated rings. The molecule has 0 atom stereocenters. The van der Waals surface area contributed by atoms with E-state index in [9.17, 15) is 0 Å². The minimum Gasteiger partial charge on any atom is -0.497 e. The molecule has 2 nitrogen and oxygen atoms in total.